The third kappa shape index (κ3) is 1460. The van der Waals surface area contributed by atoms with Gasteiger partial charge in [-0.3, -0.25) is 0 Å². The summed E-state index contributed by atoms with van der Waals surface area (Å²) in [4.78, 5) is 8.56. The van der Waals surface area contributed by atoms with Crippen molar-refractivity contribution in [2.24, 2.45) is 0 Å². The molecule has 0 aliphatic rings. The van der Waals surface area contributed by atoms with Gasteiger partial charge < -0.3 is 15.7 Å². The zero-order valence-electron chi connectivity index (χ0n) is 2.92. The van der Waals surface area contributed by atoms with Crippen molar-refractivity contribution in [1.82, 2.24) is 0 Å². The average Bonchev–Trinajstić information content (AvgIpc) is 0.811. The molecule has 32 valence electrons. The SMILES string of the molecule is O=C(O)O.[O-2].[Zn+2]. The van der Waals surface area contributed by atoms with Gasteiger partial charge in [0.1, 0.15) is 0 Å². The third-order valence-corrected chi connectivity index (χ3v) is 0. The molecule has 0 aromatic carbocycles. The van der Waals surface area contributed by atoms with E-state index < -0.39 is 6.16 Å². The second-order valence-electron chi connectivity index (χ2n) is 0.283. The van der Waals surface area contributed by atoms with Crippen LogP contribution in [0.25, 0.3) is 0 Å². The molecule has 0 aliphatic carbocycles. The van der Waals surface area contributed by atoms with Crippen LogP contribution in [0.15, 0.2) is 0 Å². The minimum atomic E-state index is -1.83. The van der Waals surface area contributed by atoms with Crippen molar-refractivity contribution in [3.63, 3.8) is 0 Å². The van der Waals surface area contributed by atoms with Crippen LogP contribution >= 0.6 is 0 Å². The predicted octanol–water partition coefficient (Wildman–Crippen LogP) is 0.101. The molecule has 6 heavy (non-hydrogen) atoms. The maximum absolute atomic E-state index is 8.56. The van der Waals surface area contributed by atoms with Crippen molar-refractivity contribution in [3.8, 4) is 0 Å². The quantitative estimate of drug-likeness (QED) is 0.472. The van der Waals surface area contributed by atoms with Crippen molar-refractivity contribution in [3.05, 3.63) is 0 Å². The Morgan fingerprint density at radius 2 is 1.33 bits per heavy atom. The third-order valence-electron chi connectivity index (χ3n) is 0. The molecule has 5 heteroatoms. The maximum atomic E-state index is 8.56. The van der Waals surface area contributed by atoms with Crippen LogP contribution in [0.1, 0.15) is 0 Å². The van der Waals surface area contributed by atoms with Gasteiger partial charge in [-0.25, -0.2) is 4.79 Å². The number of rotatable bonds is 0. The first-order chi connectivity index (χ1) is 1.73. The minimum Gasteiger partial charge on any atom is -2.00 e. The summed E-state index contributed by atoms with van der Waals surface area (Å²) in [6.45, 7) is 0. The summed E-state index contributed by atoms with van der Waals surface area (Å²) in [7, 11) is 0. The first-order valence-electron chi connectivity index (χ1n) is 0.651. The molecular formula is CH2O4Zn. The summed E-state index contributed by atoms with van der Waals surface area (Å²) >= 11 is 0. The summed E-state index contributed by atoms with van der Waals surface area (Å²) in [5.74, 6) is 0. The van der Waals surface area contributed by atoms with Crippen molar-refractivity contribution in [2.45, 2.75) is 0 Å². The van der Waals surface area contributed by atoms with E-state index in [1.165, 1.54) is 0 Å². The maximum Gasteiger partial charge on any atom is 2.00 e. The normalized spacial score (nSPS) is 4.00. The van der Waals surface area contributed by atoms with Gasteiger partial charge in [-0.2, -0.15) is 0 Å². The summed E-state index contributed by atoms with van der Waals surface area (Å²) in [6.07, 6.45) is -1.83. The molecule has 0 bridgehead atoms. The molecule has 2 N–H and O–H groups in total. The molecule has 0 heterocycles. The summed E-state index contributed by atoms with van der Waals surface area (Å²) in [5, 5.41) is 13.9. The summed E-state index contributed by atoms with van der Waals surface area (Å²) in [6, 6.07) is 0. The van der Waals surface area contributed by atoms with Crippen molar-refractivity contribution < 1.29 is 40.0 Å². The predicted molar refractivity (Wildman–Crippen MR) is 11.3 cm³/mol. The molecular weight excluding hydrogens is 141 g/mol. The van der Waals surface area contributed by atoms with Crippen LogP contribution in [0.4, 0.5) is 4.79 Å². The Balaban J connectivity index is -0.0000000450. The Kier molecular flexibility index (Phi) is 25.0. The molecule has 0 rings (SSSR count). The van der Waals surface area contributed by atoms with Crippen LogP contribution in [0.2, 0.25) is 0 Å². The van der Waals surface area contributed by atoms with Gasteiger partial charge in [0.05, 0.1) is 0 Å². The van der Waals surface area contributed by atoms with E-state index in [-0.39, 0.29) is 25.0 Å². The van der Waals surface area contributed by atoms with Gasteiger partial charge >= 0.3 is 25.6 Å². The van der Waals surface area contributed by atoms with Crippen LogP contribution in [0.3, 0.4) is 0 Å². The van der Waals surface area contributed by atoms with Crippen LogP contribution in [-0.2, 0) is 25.0 Å². The van der Waals surface area contributed by atoms with Gasteiger partial charge in [0.25, 0.3) is 0 Å². The Bertz CT molecular complexity index is 30.5. The van der Waals surface area contributed by atoms with Crippen LogP contribution in [0.5, 0.6) is 0 Å². The van der Waals surface area contributed by atoms with E-state index in [0.717, 1.165) is 0 Å². The van der Waals surface area contributed by atoms with E-state index in [2.05, 4.69) is 0 Å². The van der Waals surface area contributed by atoms with Crippen LogP contribution in [-0.4, -0.2) is 16.4 Å². The Morgan fingerprint density at radius 3 is 1.33 bits per heavy atom. The molecule has 0 aliphatic heterocycles. The zero-order valence-corrected chi connectivity index (χ0v) is 5.89. The van der Waals surface area contributed by atoms with Gasteiger partial charge in [-0.1, -0.05) is 0 Å². The summed E-state index contributed by atoms with van der Waals surface area (Å²) in [5.41, 5.74) is 0. The second kappa shape index (κ2) is 8.85. The zero-order chi connectivity index (χ0) is 3.58. The minimum absolute atomic E-state index is 0. The molecule has 4 nitrogen and oxygen atoms in total. The van der Waals surface area contributed by atoms with E-state index in [4.69, 9.17) is 15.0 Å². The number of hydrogen-bond acceptors (Lipinski definition) is 1. The largest absolute Gasteiger partial charge is 2.00 e. The topological polar surface area (TPSA) is 86.0 Å². The Hall–Kier alpha value is -0.147. The van der Waals surface area contributed by atoms with Crippen LogP contribution < -0.4 is 0 Å². The van der Waals surface area contributed by atoms with Gasteiger partial charge in [0.2, 0.25) is 0 Å². The molecule has 0 fully saturated rings. The summed E-state index contributed by atoms with van der Waals surface area (Å²) < 4.78 is 0. The monoisotopic (exact) mass is 142 g/mol. The molecule has 0 spiro atoms. The fourth-order valence-electron chi connectivity index (χ4n) is 0. The van der Waals surface area contributed by atoms with Crippen molar-refractivity contribution in [1.29, 1.82) is 0 Å². The standard InChI is InChI=1S/CH2O3.O.Zn/c2-1(3)4;;/h(H2,2,3,4);;/q;-2;+2. The van der Waals surface area contributed by atoms with E-state index in [9.17, 15) is 0 Å². The smallest absolute Gasteiger partial charge is 2.00 e. The fraction of sp³-hybridized carbons (Fsp3) is 0. The molecule has 0 saturated carbocycles. The first-order valence-corrected chi connectivity index (χ1v) is 0.651. The fourth-order valence-corrected chi connectivity index (χ4v) is 0. The molecule has 0 amide bonds. The average molecular weight is 143 g/mol. The second-order valence-corrected chi connectivity index (χ2v) is 0.283. The number of carboxylic acid groups (broad SMARTS) is 2. The number of carbonyl (C=O) groups is 1. The van der Waals surface area contributed by atoms with Gasteiger partial charge in [0, 0.05) is 0 Å². The van der Waals surface area contributed by atoms with Gasteiger partial charge in [-0.05, 0) is 0 Å². The molecule has 0 unspecified atom stereocenters. The van der Waals surface area contributed by atoms with Crippen molar-refractivity contribution in [2.75, 3.05) is 0 Å². The van der Waals surface area contributed by atoms with E-state index in [1.54, 1.807) is 0 Å². The molecule has 0 radical (unpaired) electrons. The number of hydrogen-bond donors (Lipinski definition) is 2. The van der Waals surface area contributed by atoms with Gasteiger partial charge in [-0.15, -0.1) is 0 Å². The van der Waals surface area contributed by atoms with Crippen LogP contribution in [0, 0.1) is 0 Å². The van der Waals surface area contributed by atoms with Crippen molar-refractivity contribution >= 4 is 6.16 Å². The van der Waals surface area contributed by atoms with Gasteiger partial charge in [0.15, 0.2) is 0 Å². The molecule has 0 atom stereocenters. The Labute approximate surface area is 46.9 Å². The molecule has 0 saturated heterocycles. The van der Waals surface area contributed by atoms with E-state index >= 15 is 0 Å². The molecule has 0 aromatic heterocycles. The van der Waals surface area contributed by atoms with E-state index in [1.807, 2.05) is 0 Å². The Morgan fingerprint density at radius 1 is 1.33 bits per heavy atom. The first kappa shape index (κ1) is 16.9. The molecule has 0 aromatic rings. The van der Waals surface area contributed by atoms with E-state index in [0.29, 0.717) is 0 Å².